The third-order valence-corrected chi connectivity index (χ3v) is 3.59. The van der Waals surface area contributed by atoms with Crippen LogP contribution in [0.2, 0.25) is 0 Å². The first kappa shape index (κ1) is 23.4. The summed E-state index contributed by atoms with van der Waals surface area (Å²) in [7, 11) is 0. The number of hydrogen-bond donors (Lipinski definition) is 2. The van der Waals surface area contributed by atoms with E-state index in [0.717, 1.165) is 23.8 Å². The normalized spacial score (nSPS) is 11.6. The number of halogens is 1. The van der Waals surface area contributed by atoms with Gasteiger partial charge in [0.15, 0.2) is 5.96 Å². The Morgan fingerprint density at radius 1 is 1.07 bits per heavy atom. The fraction of sp³-hybridized carbons (Fsp3) is 0.429. The number of guanidine groups is 1. The van der Waals surface area contributed by atoms with Crippen LogP contribution in [-0.4, -0.2) is 23.1 Å². The van der Waals surface area contributed by atoms with Gasteiger partial charge in [0.2, 0.25) is 0 Å². The first-order chi connectivity index (χ1) is 12.5. The lowest BCUT2D eigenvalue weighted by atomic mass is 10.1. The van der Waals surface area contributed by atoms with E-state index in [9.17, 15) is 0 Å². The second-order valence-corrected chi connectivity index (χ2v) is 7.09. The molecule has 2 rings (SSSR count). The molecule has 0 amide bonds. The van der Waals surface area contributed by atoms with Gasteiger partial charge in [0, 0.05) is 12.7 Å². The maximum Gasteiger partial charge on any atom is 0.191 e. The minimum atomic E-state index is -0.137. The molecule has 27 heavy (non-hydrogen) atoms. The molecule has 1 aromatic carbocycles. The minimum Gasteiger partial charge on any atom is -0.371 e. The number of nitrogens with zero attached hydrogens (tertiary/aromatic N) is 2. The van der Waals surface area contributed by atoms with Crippen LogP contribution in [0.15, 0.2) is 53.7 Å². The van der Waals surface area contributed by atoms with Crippen molar-refractivity contribution in [3.05, 3.63) is 65.5 Å². The fourth-order valence-corrected chi connectivity index (χ4v) is 2.31. The van der Waals surface area contributed by atoms with Crippen molar-refractivity contribution in [2.45, 2.75) is 53.0 Å². The van der Waals surface area contributed by atoms with Gasteiger partial charge < -0.3 is 15.4 Å². The molecule has 5 nitrogen and oxygen atoms in total. The number of hydrogen-bond acceptors (Lipinski definition) is 3. The Labute approximate surface area is 180 Å². The molecule has 148 valence electrons. The lowest BCUT2D eigenvalue weighted by molar-refractivity contribution is -0.0149. The predicted molar refractivity (Wildman–Crippen MR) is 122 cm³/mol. The standard InChI is InChI=1S/C21H30N4O.HI/c1-5-22-20(25-15-19-11-6-7-12-23-19)24-14-17-9-8-10-18(13-17)16-26-21(2,3)4;/h6-13H,5,14-16H2,1-4H3,(H2,22,24,25);1H. The summed E-state index contributed by atoms with van der Waals surface area (Å²) in [4.78, 5) is 9.00. The zero-order chi connectivity index (χ0) is 18.8. The summed E-state index contributed by atoms with van der Waals surface area (Å²) in [6.45, 7) is 10.9. The molecule has 0 spiro atoms. The van der Waals surface area contributed by atoms with Gasteiger partial charge in [-0.1, -0.05) is 30.3 Å². The molecule has 1 heterocycles. The topological polar surface area (TPSA) is 58.5 Å². The molecule has 2 aromatic rings. The van der Waals surface area contributed by atoms with Gasteiger partial charge >= 0.3 is 0 Å². The number of nitrogens with one attached hydrogen (secondary N) is 2. The number of benzene rings is 1. The molecule has 0 unspecified atom stereocenters. The van der Waals surface area contributed by atoms with Crippen LogP contribution in [0.3, 0.4) is 0 Å². The Kier molecular flexibility index (Phi) is 10.3. The summed E-state index contributed by atoms with van der Waals surface area (Å²) in [5, 5.41) is 6.59. The van der Waals surface area contributed by atoms with Crippen LogP contribution >= 0.6 is 24.0 Å². The monoisotopic (exact) mass is 482 g/mol. The highest BCUT2D eigenvalue weighted by molar-refractivity contribution is 14.0. The molecule has 1 aromatic heterocycles. The van der Waals surface area contributed by atoms with Crippen LogP contribution in [0.25, 0.3) is 0 Å². The molecule has 6 heteroatoms. The zero-order valence-electron chi connectivity index (χ0n) is 16.7. The largest absolute Gasteiger partial charge is 0.371 e. The highest BCUT2D eigenvalue weighted by atomic mass is 127. The van der Waals surface area contributed by atoms with Crippen molar-refractivity contribution in [2.75, 3.05) is 6.54 Å². The van der Waals surface area contributed by atoms with Crippen molar-refractivity contribution in [1.29, 1.82) is 0 Å². The molecule has 0 saturated heterocycles. The van der Waals surface area contributed by atoms with Crippen molar-refractivity contribution in [3.8, 4) is 0 Å². The maximum absolute atomic E-state index is 5.85. The third kappa shape index (κ3) is 9.72. The second kappa shape index (κ2) is 11.9. The van der Waals surface area contributed by atoms with Crippen LogP contribution in [0.5, 0.6) is 0 Å². The molecule has 0 fully saturated rings. The summed E-state index contributed by atoms with van der Waals surface area (Å²) in [6, 6.07) is 14.3. The first-order valence-corrected chi connectivity index (χ1v) is 9.10. The van der Waals surface area contributed by atoms with Gasteiger partial charge in [0.1, 0.15) is 0 Å². The van der Waals surface area contributed by atoms with E-state index in [1.165, 1.54) is 5.56 Å². The second-order valence-electron chi connectivity index (χ2n) is 7.09. The summed E-state index contributed by atoms with van der Waals surface area (Å²) >= 11 is 0. The Bertz CT molecular complexity index is 699. The Morgan fingerprint density at radius 3 is 2.52 bits per heavy atom. The van der Waals surface area contributed by atoms with E-state index in [1.54, 1.807) is 6.20 Å². The first-order valence-electron chi connectivity index (χ1n) is 9.10. The summed E-state index contributed by atoms with van der Waals surface area (Å²) < 4.78 is 5.85. The zero-order valence-corrected chi connectivity index (χ0v) is 19.0. The summed E-state index contributed by atoms with van der Waals surface area (Å²) in [6.07, 6.45) is 1.80. The van der Waals surface area contributed by atoms with E-state index in [-0.39, 0.29) is 29.6 Å². The SMILES string of the molecule is CCNC(=NCc1cccc(COC(C)(C)C)c1)NCc1ccccn1.I. The molecular weight excluding hydrogens is 451 g/mol. The van der Waals surface area contributed by atoms with Gasteiger partial charge in [-0.3, -0.25) is 4.98 Å². The Balaban J connectivity index is 0.00000364. The Hall–Kier alpha value is -1.67. The van der Waals surface area contributed by atoms with Gasteiger partial charge in [0.05, 0.1) is 31.0 Å². The van der Waals surface area contributed by atoms with Gasteiger partial charge in [-0.25, -0.2) is 4.99 Å². The highest BCUT2D eigenvalue weighted by Gasteiger charge is 2.10. The number of pyridine rings is 1. The van der Waals surface area contributed by atoms with Crippen LogP contribution in [0, 0.1) is 0 Å². The predicted octanol–water partition coefficient (Wildman–Crippen LogP) is 4.27. The molecule has 0 bridgehead atoms. The minimum absolute atomic E-state index is 0. The molecule has 0 aliphatic heterocycles. The lowest BCUT2D eigenvalue weighted by Crippen LogP contribution is -2.37. The van der Waals surface area contributed by atoms with E-state index in [0.29, 0.717) is 19.7 Å². The molecule has 2 N–H and O–H groups in total. The van der Waals surface area contributed by atoms with Crippen molar-refractivity contribution >= 4 is 29.9 Å². The van der Waals surface area contributed by atoms with E-state index >= 15 is 0 Å². The Morgan fingerprint density at radius 2 is 1.85 bits per heavy atom. The summed E-state index contributed by atoms with van der Waals surface area (Å²) in [5.41, 5.74) is 3.18. The van der Waals surface area contributed by atoms with Gasteiger partial charge in [0.25, 0.3) is 0 Å². The van der Waals surface area contributed by atoms with Crippen LogP contribution < -0.4 is 10.6 Å². The quantitative estimate of drug-likeness (QED) is 0.352. The van der Waals surface area contributed by atoms with Gasteiger partial charge in [-0.2, -0.15) is 0 Å². The average Bonchev–Trinajstić information content (AvgIpc) is 2.63. The van der Waals surface area contributed by atoms with E-state index in [2.05, 4.69) is 72.6 Å². The molecule has 0 aliphatic carbocycles. The number of aliphatic imine (C=N–C) groups is 1. The number of ether oxygens (including phenoxy) is 1. The van der Waals surface area contributed by atoms with E-state index in [1.807, 2.05) is 18.2 Å². The van der Waals surface area contributed by atoms with Crippen molar-refractivity contribution in [2.24, 2.45) is 4.99 Å². The lowest BCUT2D eigenvalue weighted by Gasteiger charge is -2.19. The highest BCUT2D eigenvalue weighted by Crippen LogP contribution is 2.13. The molecule has 0 atom stereocenters. The molecule has 0 aliphatic rings. The molecule has 0 radical (unpaired) electrons. The van der Waals surface area contributed by atoms with Crippen LogP contribution in [0.4, 0.5) is 0 Å². The van der Waals surface area contributed by atoms with Crippen LogP contribution in [0.1, 0.15) is 44.5 Å². The van der Waals surface area contributed by atoms with Crippen molar-refractivity contribution < 1.29 is 4.74 Å². The molecule has 0 saturated carbocycles. The molecular formula is C21H31IN4O. The van der Waals surface area contributed by atoms with Gasteiger partial charge in [-0.05, 0) is 51.0 Å². The summed E-state index contributed by atoms with van der Waals surface area (Å²) in [5.74, 6) is 0.787. The number of aromatic nitrogens is 1. The van der Waals surface area contributed by atoms with Crippen molar-refractivity contribution in [3.63, 3.8) is 0 Å². The smallest absolute Gasteiger partial charge is 0.191 e. The third-order valence-electron chi connectivity index (χ3n) is 3.59. The van der Waals surface area contributed by atoms with Crippen LogP contribution in [-0.2, 0) is 24.4 Å². The average molecular weight is 482 g/mol. The number of rotatable bonds is 7. The fourth-order valence-electron chi connectivity index (χ4n) is 2.31. The van der Waals surface area contributed by atoms with Gasteiger partial charge in [-0.15, -0.1) is 24.0 Å². The van der Waals surface area contributed by atoms with Crippen molar-refractivity contribution in [1.82, 2.24) is 15.6 Å². The van der Waals surface area contributed by atoms with E-state index in [4.69, 9.17) is 4.74 Å². The van der Waals surface area contributed by atoms with E-state index < -0.39 is 0 Å². The maximum atomic E-state index is 5.85.